The molecular weight excluding hydrogens is 180 g/mol. The van der Waals surface area contributed by atoms with Gasteiger partial charge in [-0.2, -0.15) is 4.68 Å². The summed E-state index contributed by atoms with van der Waals surface area (Å²) in [6.07, 6.45) is 0.312. The number of carbonyl (C=O) groups is 1. The summed E-state index contributed by atoms with van der Waals surface area (Å²) in [4.78, 5) is 23.0. The predicted octanol–water partition coefficient (Wildman–Crippen LogP) is 1.38. The summed E-state index contributed by atoms with van der Waals surface area (Å²) in [7, 11) is 0. The molecule has 2 aromatic rings. The van der Waals surface area contributed by atoms with Gasteiger partial charge < -0.3 is 0 Å². The van der Waals surface area contributed by atoms with Crippen LogP contribution < -0.4 is 5.56 Å². The fraction of sp³-hybridized carbons (Fsp3) is 0.200. The number of para-hydroxylation sites is 1. The lowest BCUT2D eigenvalue weighted by atomic mass is 10.3. The Labute approximate surface area is 80.1 Å². The maximum absolute atomic E-state index is 11.6. The number of hydrogen-bond acceptors (Lipinski definition) is 2. The van der Waals surface area contributed by atoms with Gasteiger partial charge in [-0.3, -0.25) is 14.7 Å². The zero-order valence-electron chi connectivity index (χ0n) is 7.78. The van der Waals surface area contributed by atoms with E-state index in [2.05, 4.69) is 5.10 Å². The van der Waals surface area contributed by atoms with E-state index in [-0.39, 0.29) is 11.5 Å². The standard InChI is InChI=1S/C10H10N2O2/c1-2-9(13)12-10(14)7-5-3-4-6-8(7)11-12/h3-6,11H,2H2,1H3. The fourth-order valence-electron chi connectivity index (χ4n) is 1.39. The highest BCUT2D eigenvalue weighted by Crippen LogP contribution is 2.05. The minimum Gasteiger partial charge on any atom is -0.288 e. The average Bonchev–Trinajstić information content (AvgIpc) is 2.56. The van der Waals surface area contributed by atoms with Crippen molar-refractivity contribution in [3.8, 4) is 0 Å². The van der Waals surface area contributed by atoms with Crippen LogP contribution in [0.15, 0.2) is 29.1 Å². The maximum Gasteiger partial charge on any atom is 0.281 e. The summed E-state index contributed by atoms with van der Waals surface area (Å²) < 4.78 is 1.06. The first kappa shape index (κ1) is 8.74. The minimum absolute atomic E-state index is 0.216. The van der Waals surface area contributed by atoms with Crippen molar-refractivity contribution >= 4 is 16.8 Å². The van der Waals surface area contributed by atoms with E-state index in [4.69, 9.17) is 0 Å². The molecule has 2 rings (SSSR count). The first-order valence-electron chi connectivity index (χ1n) is 4.47. The molecule has 1 aromatic heterocycles. The number of nitrogens with one attached hydrogen (secondary N) is 1. The molecule has 0 bridgehead atoms. The molecule has 0 saturated heterocycles. The average molecular weight is 190 g/mol. The van der Waals surface area contributed by atoms with E-state index < -0.39 is 0 Å². The van der Waals surface area contributed by atoms with Crippen LogP contribution in [0.5, 0.6) is 0 Å². The van der Waals surface area contributed by atoms with Crippen LogP contribution in [0.3, 0.4) is 0 Å². The maximum atomic E-state index is 11.6. The lowest BCUT2D eigenvalue weighted by molar-refractivity contribution is 0.0890. The number of carbonyl (C=O) groups excluding carboxylic acids is 1. The molecule has 0 radical (unpaired) electrons. The third-order valence-corrected chi connectivity index (χ3v) is 2.14. The highest BCUT2D eigenvalue weighted by molar-refractivity contribution is 5.84. The second-order valence-electron chi connectivity index (χ2n) is 3.05. The quantitative estimate of drug-likeness (QED) is 0.738. The molecule has 0 amide bonds. The van der Waals surface area contributed by atoms with Crippen LogP contribution in [0.4, 0.5) is 0 Å². The van der Waals surface area contributed by atoms with Crippen molar-refractivity contribution in [3.05, 3.63) is 34.6 Å². The summed E-state index contributed by atoms with van der Waals surface area (Å²) in [6, 6.07) is 7.07. The van der Waals surface area contributed by atoms with Crippen molar-refractivity contribution in [1.29, 1.82) is 0 Å². The first-order chi connectivity index (χ1) is 6.74. The summed E-state index contributed by atoms with van der Waals surface area (Å²) in [5.41, 5.74) is 0.423. The zero-order valence-corrected chi connectivity index (χ0v) is 7.78. The van der Waals surface area contributed by atoms with E-state index >= 15 is 0 Å². The Kier molecular flexibility index (Phi) is 1.96. The van der Waals surface area contributed by atoms with Gasteiger partial charge >= 0.3 is 0 Å². The third-order valence-electron chi connectivity index (χ3n) is 2.14. The van der Waals surface area contributed by atoms with Gasteiger partial charge in [0, 0.05) is 6.42 Å². The van der Waals surface area contributed by atoms with Gasteiger partial charge in [0.15, 0.2) is 0 Å². The number of benzene rings is 1. The minimum atomic E-state index is -0.271. The largest absolute Gasteiger partial charge is 0.288 e. The fourth-order valence-corrected chi connectivity index (χ4v) is 1.39. The van der Waals surface area contributed by atoms with Crippen LogP contribution >= 0.6 is 0 Å². The molecule has 0 atom stereocenters. The van der Waals surface area contributed by atoms with Crippen LogP contribution in [0.25, 0.3) is 10.9 Å². The van der Waals surface area contributed by atoms with E-state index in [1.165, 1.54) is 0 Å². The number of rotatable bonds is 1. The molecular formula is C10H10N2O2. The predicted molar refractivity (Wildman–Crippen MR) is 53.5 cm³/mol. The van der Waals surface area contributed by atoms with E-state index in [9.17, 15) is 9.59 Å². The molecule has 0 spiro atoms. The van der Waals surface area contributed by atoms with Crippen LogP contribution in [0.2, 0.25) is 0 Å². The van der Waals surface area contributed by atoms with Crippen LogP contribution in [0, 0.1) is 0 Å². The van der Waals surface area contributed by atoms with Crippen LogP contribution in [0.1, 0.15) is 18.1 Å². The number of nitrogens with zero attached hydrogens (tertiary/aromatic N) is 1. The summed E-state index contributed by atoms with van der Waals surface area (Å²) in [6.45, 7) is 1.72. The molecule has 0 aliphatic carbocycles. The van der Waals surface area contributed by atoms with Gasteiger partial charge in [-0.25, -0.2) is 0 Å². The van der Waals surface area contributed by atoms with Crippen LogP contribution in [-0.2, 0) is 0 Å². The number of aromatic nitrogens is 2. The number of H-pyrrole nitrogens is 1. The Bertz CT molecular complexity index is 536. The molecule has 0 fully saturated rings. The Hall–Kier alpha value is -1.84. The topological polar surface area (TPSA) is 54.9 Å². The van der Waals surface area contributed by atoms with Gasteiger partial charge in [0.25, 0.3) is 5.56 Å². The molecule has 4 heteroatoms. The van der Waals surface area contributed by atoms with E-state index in [1.807, 2.05) is 6.07 Å². The molecule has 14 heavy (non-hydrogen) atoms. The second kappa shape index (κ2) is 3.14. The second-order valence-corrected chi connectivity index (χ2v) is 3.05. The molecule has 4 nitrogen and oxygen atoms in total. The van der Waals surface area contributed by atoms with Crippen molar-refractivity contribution in [2.45, 2.75) is 13.3 Å². The summed E-state index contributed by atoms with van der Waals surface area (Å²) >= 11 is 0. The van der Waals surface area contributed by atoms with E-state index in [0.29, 0.717) is 17.3 Å². The highest BCUT2D eigenvalue weighted by Gasteiger charge is 2.09. The highest BCUT2D eigenvalue weighted by atomic mass is 16.2. The SMILES string of the molecule is CCC(=O)n1[nH]c2ccccc2c1=O. The van der Waals surface area contributed by atoms with Crippen molar-refractivity contribution in [2.24, 2.45) is 0 Å². The smallest absolute Gasteiger partial charge is 0.281 e. The normalized spacial score (nSPS) is 10.6. The van der Waals surface area contributed by atoms with Gasteiger partial charge in [0.1, 0.15) is 0 Å². The zero-order chi connectivity index (χ0) is 10.1. The van der Waals surface area contributed by atoms with Gasteiger partial charge in [0.05, 0.1) is 10.9 Å². The third kappa shape index (κ3) is 1.16. The van der Waals surface area contributed by atoms with Crippen molar-refractivity contribution < 1.29 is 4.79 Å². The molecule has 1 N–H and O–H groups in total. The molecule has 0 saturated carbocycles. The van der Waals surface area contributed by atoms with Gasteiger partial charge in [-0.05, 0) is 12.1 Å². The summed E-state index contributed by atoms with van der Waals surface area (Å²) in [5, 5.41) is 3.32. The Morgan fingerprint density at radius 3 is 2.79 bits per heavy atom. The van der Waals surface area contributed by atoms with Crippen molar-refractivity contribution in [2.75, 3.05) is 0 Å². The molecule has 1 aromatic carbocycles. The van der Waals surface area contributed by atoms with Gasteiger partial charge in [0.2, 0.25) is 5.91 Å². The van der Waals surface area contributed by atoms with Crippen LogP contribution in [-0.4, -0.2) is 15.7 Å². The Morgan fingerprint density at radius 1 is 1.43 bits per heavy atom. The van der Waals surface area contributed by atoms with Crippen molar-refractivity contribution in [1.82, 2.24) is 9.78 Å². The molecule has 0 unspecified atom stereocenters. The van der Waals surface area contributed by atoms with Crippen molar-refractivity contribution in [3.63, 3.8) is 0 Å². The van der Waals surface area contributed by atoms with E-state index in [0.717, 1.165) is 4.68 Å². The molecule has 0 aliphatic rings. The number of fused-ring (bicyclic) bond motifs is 1. The first-order valence-corrected chi connectivity index (χ1v) is 4.47. The Morgan fingerprint density at radius 2 is 2.14 bits per heavy atom. The van der Waals surface area contributed by atoms with Gasteiger partial charge in [-0.15, -0.1) is 0 Å². The van der Waals surface area contributed by atoms with E-state index in [1.54, 1.807) is 25.1 Å². The molecule has 1 heterocycles. The number of aromatic amines is 1. The number of hydrogen-bond donors (Lipinski definition) is 1. The summed E-state index contributed by atoms with van der Waals surface area (Å²) in [5.74, 6) is -0.216. The molecule has 0 aliphatic heterocycles. The Balaban J connectivity index is 2.75. The molecule has 72 valence electrons. The lowest BCUT2D eigenvalue weighted by Gasteiger charge is -1.93. The van der Waals surface area contributed by atoms with Gasteiger partial charge in [-0.1, -0.05) is 19.1 Å². The monoisotopic (exact) mass is 190 g/mol. The lowest BCUT2D eigenvalue weighted by Crippen LogP contribution is -2.23.